The number of hydrogen-bond acceptors (Lipinski definition) is 7. The van der Waals surface area contributed by atoms with Crippen LogP contribution in [0.4, 0.5) is 4.39 Å². The minimum atomic E-state index is -3.84. The second-order valence-corrected chi connectivity index (χ2v) is 14.9. The first-order valence-electron chi connectivity index (χ1n) is 14.7. The number of carbonyl (C=O) groups excluding carboxylic acids is 2. The van der Waals surface area contributed by atoms with Crippen molar-refractivity contribution in [2.75, 3.05) is 13.0 Å². The van der Waals surface area contributed by atoms with Gasteiger partial charge in [-0.05, 0) is 67.3 Å². The summed E-state index contributed by atoms with van der Waals surface area (Å²) in [5, 5.41) is 18.9. The summed E-state index contributed by atoms with van der Waals surface area (Å²) in [6.07, 6.45) is 5.51. The molecule has 0 bridgehead atoms. The van der Waals surface area contributed by atoms with Gasteiger partial charge in [0.15, 0.2) is 9.84 Å². The van der Waals surface area contributed by atoms with Crippen molar-refractivity contribution in [3.05, 3.63) is 116 Å². The van der Waals surface area contributed by atoms with Crippen LogP contribution < -0.4 is 5.32 Å². The summed E-state index contributed by atoms with van der Waals surface area (Å²) in [6, 6.07) is 13.0. The van der Waals surface area contributed by atoms with Crippen molar-refractivity contribution >= 4 is 44.9 Å². The van der Waals surface area contributed by atoms with Gasteiger partial charge in [-0.1, -0.05) is 41.4 Å². The van der Waals surface area contributed by atoms with Crippen LogP contribution in [0.5, 0.6) is 0 Å². The Hall–Kier alpha value is -3.81. The number of nitrogens with one attached hydrogen (secondary N) is 1. The van der Waals surface area contributed by atoms with E-state index in [1.54, 1.807) is 37.5 Å². The molecule has 246 valence electrons. The van der Waals surface area contributed by atoms with Gasteiger partial charge in [0.1, 0.15) is 18.1 Å². The Morgan fingerprint density at radius 2 is 1.81 bits per heavy atom. The number of sulfone groups is 1. The number of aromatic nitrogens is 2. The normalized spacial score (nSPS) is 19.0. The molecule has 14 heteroatoms. The summed E-state index contributed by atoms with van der Waals surface area (Å²) in [5.41, 5.74) is -3.13. The van der Waals surface area contributed by atoms with Gasteiger partial charge < -0.3 is 15.2 Å². The third kappa shape index (κ3) is 6.04. The lowest BCUT2D eigenvalue weighted by Crippen LogP contribution is -2.49. The van der Waals surface area contributed by atoms with Crippen LogP contribution in [0, 0.1) is 11.7 Å². The highest BCUT2D eigenvalue weighted by molar-refractivity contribution is 7.90. The molecular weight excluding hydrogens is 670 g/mol. The summed E-state index contributed by atoms with van der Waals surface area (Å²) in [4.78, 5) is 28.3. The molecule has 1 aliphatic heterocycles. The molecule has 6 rings (SSSR count). The molecule has 1 aromatic heterocycles. The lowest BCUT2D eigenvalue weighted by Gasteiger charge is -2.40. The first-order valence-corrected chi connectivity index (χ1v) is 17.3. The summed E-state index contributed by atoms with van der Waals surface area (Å²) in [7, 11) is -2.16. The average Bonchev–Trinajstić information content (AvgIpc) is 3.73. The van der Waals surface area contributed by atoms with Crippen molar-refractivity contribution in [2.45, 2.75) is 42.5 Å². The Balaban J connectivity index is 1.57. The maximum absolute atomic E-state index is 16.8. The van der Waals surface area contributed by atoms with E-state index in [2.05, 4.69) is 10.4 Å². The molecule has 0 spiro atoms. The van der Waals surface area contributed by atoms with Crippen LogP contribution >= 0.6 is 23.2 Å². The van der Waals surface area contributed by atoms with Crippen molar-refractivity contribution in [2.24, 2.45) is 13.0 Å². The first kappa shape index (κ1) is 33.1. The van der Waals surface area contributed by atoms with E-state index in [4.69, 9.17) is 27.9 Å². The molecule has 1 saturated carbocycles. The first-order chi connectivity index (χ1) is 22.1. The number of rotatable bonds is 10. The molecule has 1 unspecified atom stereocenters. The fourth-order valence-corrected chi connectivity index (χ4v) is 7.24. The summed E-state index contributed by atoms with van der Waals surface area (Å²) >= 11 is 12.4. The van der Waals surface area contributed by atoms with Gasteiger partial charge in [-0.3, -0.25) is 19.2 Å². The second-order valence-electron chi connectivity index (χ2n) is 12.0. The van der Waals surface area contributed by atoms with E-state index in [1.165, 1.54) is 47.0 Å². The Morgan fingerprint density at radius 3 is 2.43 bits per heavy atom. The number of halogens is 3. The Kier molecular flexibility index (Phi) is 8.46. The van der Waals surface area contributed by atoms with Crippen molar-refractivity contribution < 1.29 is 32.2 Å². The minimum Gasteiger partial charge on any atom is -0.381 e. The van der Waals surface area contributed by atoms with Crippen LogP contribution in [0.2, 0.25) is 10.0 Å². The molecule has 4 aromatic rings. The number of fused-ring (bicyclic) bond motifs is 1. The van der Waals surface area contributed by atoms with Gasteiger partial charge in [0.05, 0.1) is 28.8 Å². The van der Waals surface area contributed by atoms with E-state index in [0.717, 1.165) is 25.2 Å². The van der Waals surface area contributed by atoms with Gasteiger partial charge in [0.25, 0.3) is 5.91 Å². The molecule has 0 saturated heterocycles. The van der Waals surface area contributed by atoms with Crippen LogP contribution in [-0.2, 0) is 44.3 Å². The summed E-state index contributed by atoms with van der Waals surface area (Å²) in [5.74, 6) is -1.98. The molecule has 10 nitrogen and oxygen atoms in total. The van der Waals surface area contributed by atoms with E-state index in [9.17, 15) is 23.1 Å². The SMILES string of the molecule is Cn1cc(C(C)(O)c2cc(F)c3c(c2)C(=O)N(Cc2ccc(Cl)cc2S(C)(=O)=O)[C@@]3(OCNC(=O)C2CC2)c2ccc(Cl)cc2)cn1. The zero-order valence-corrected chi connectivity index (χ0v) is 28.0. The summed E-state index contributed by atoms with van der Waals surface area (Å²) in [6.45, 7) is 0.695. The van der Waals surface area contributed by atoms with E-state index < -0.39 is 39.6 Å². The highest BCUT2D eigenvalue weighted by Crippen LogP contribution is 2.49. The smallest absolute Gasteiger partial charge is 0.257 e. The van der Waals surface area contributed by atoms with E-state index in [-0.39, 0.29) is 56.1 Å². The Bertz CT molecular complexity index is 2010. The van der Waals surface area contributed by atoms with E-state index in [1.807, 2.05) is 0 Å². The van der Waals surface area contributed by atoms with Crippen LogP contribution in [0.1, 0.15) is 57.9 Å². The predicted octanol–water partition coefficient (Wildman–Crippen LogP) is 4.88. The maximum Gasteiger partial charge on any atom is 0.257 e. The zero-order chi connectivity index (χ0) is 33.9. The van der Waals surface area contributed by atoms with Gasteiger partial charge in [-0.15, -0.1) is 0 Å². The van der Waals surface area contributed by atoms with Gasteiger partial charge in [-0.25, -0.2) is 12.8 Å². The van der Waals surface area contributed by atoms with Crippen LogP contribution in [0.3, 0.4) is 0 Å². The fourth-order valence-electron chi connectivity index (χ4n) is 5.93. The Labute approximate surface area is 281 Å². The second kappa shape index (κ2) is 12.0. The lowest BCUT2D eigenvalue weighted by molar-refractivity contribution is -0.136. The van der Waals surface area contributed by atoms with Crippen molar-refractivity contribution in [3.63, 3.8) is 0 Å². The topological polar surface area (TPSA) is 131 Å². The monoisotopic (exact) mass is 700 g/mol. The number of nitrogens with zero attached hydrogens (tertiary/aromatic N) is 3. The van der Waals surface area contributed by atoms with Crippen molar-refractivity contribution in [1.29, 1.82) is 0 Å². The van der Waals surface area contributed by atoms with Crippen molar-refractivity contribution in [3.8, 4) is 0 Å². The maximum atomic E-state index is 16.8. The number of aryl methyl sites for hydroxylation is 1. The van der Waals surface area contributed by atoms with Gasteiger partial charge in [-0.2, -0.15) is 5.10 Å². The van der Waals surface area contributed by atoms with Crippen LogP contribution in [-0.4, -0.2) is 53.0 Å². The van der Waals surface area contributed by atoms with Crippen LogP contribution in [0.15, 0.2) is 71.9 Å². The zero-order valence-electron chi connectivity index (χ0n) is 25.6. The standard InChI is InChI=1S/C33H31Cl2FN4O6S/c1-32(43,23-15-38-39(2)17-23)22-12-26-29(27(36)13-22)33(21-7-10-24(34)11-8-21,46-18-37-30(41)19-4-5-19)40(31(26)42)16-20-6-9-25(35)14-28(20)47(3,44)45/h6-15,17,19,43H,4-5,16,18H2,1-3H3,(H,37,41)/t32?,33-/m1/s1. The molecule has 0 radical (unpaired) electrons. The van der Waals surface area contributed by atoms with Gasteiger partial charge in [0.2, 0.25) is 11.6 Å². The number of ether oxygens (including phenoxy) is 1. The number of carbonyl (C=O) groups is 2. The van der Waals surface area contributed by atoms with Gasteiger partial charge in [0, 0.05) is 46.6 Å². The highest BCUT2D eigenvalue weighted by atomic mass is 35.5. The molecule has 1 aliphatic carbocycles. The van der Waals surface area contributed by atoms with E-state index >= 15 is 4.39 Å². The fraction of sp³-hybridized carbons (Fsp3) is 0.303. The molecule has 2 atom stereocenters. The molecule has 3 aromatic carbocycles. The molecule has 2 aliphatic rings. The summed E-state index contributed by atoms with van der Waals surface area (Å²) < 4.78 is 50.4. The molecule has 2 heterocycles. The largest absolute Gasteiger partial charge is 0.381 e. The molecular formula is C33H31Cl2FN4O6S. The number of hydrogen-bond donors (Lipinski definition) is 2. The molecule has 2 N–H and O–H groups in total. The predicted molar refractivity (Wildman–Crippen MR) is 172 cm³/mol. The Morgan fingerprint density at radius 1 is 1.13 bits per heavy atom. The highest BCUT2D eigenvalue weighted by Gasteiger charge is 2.55. The van der Waals surface area contributed by atoms with Gasteiger partial charge >= 0.3 is 0 Å². The third-order valence-corrected chi connectivity index (χ3v) is 10.2. The third-order valence-electron chi connectivity index (χ3n) is 8.58. The van der Waals surface area contributed by atoms with Crippen LogP contribution in [0.25, 0.3) is 0 Å². The minimum absolute atomic E-state index is 0.0762. The van der Waals surface area contributed by atoms with Crippen molar-refractivity contribution in [1.82, 2.24) is 20.0 Å². The molecule has 1 fully saturated rings. The number of aliphatic hydroxyl groups is 1. The average molecular weight is 702 g/mol. The molecule has 2 amide bonds. The molecule has 47 heavy (non-hydrogen) atoms. The lowest BCUT2D eigenvalue weighted by atomic mass is 9.85. The van der Waals surface area contributed by atoms with E-state index in [0.29, 0.717) is 10.6 Å². The number of amides is 2. The quantitative estimate of drug-likeness (QED) is 0.226. The number of benzene rings is 3.